The standard InChI is InChI=1S/C16H15N3O2/c1-20-14-5-3-2-4-13(14)15-18-16(21-19-15)12-8-6-11(10-17)7-9-12/h2-9H,10,17H2,1H3. The third kappa shape index (κ3) is 2.64. The minimum atomic E-state index is 0.472. The molecule has 0 aliphatic heterocycles. The van der Waals surface area contributed by atoms with E-state index in [9.17, 15) is 0 Å². The first-order valence-electron chi connectivity index (χ1n) is 6.58. The Hall–Kier alpha value is -2.66. The van der Waals surface area contributed by atoms with Crippen LogP contribution >= 0.6 is 0 Å². The van der Waals surface area contributed by atoms with Crippen molar-refractivity contribution < 1.29 is 9.26 Å². The minimum absolute atomic E-state index is 0.472. The topological polar surface area (TPSA) is 74.2 Å². The summed E-state index contributed by atoms with van der Waals surface area (Å²) in [6, 6.07) is 15.3. The molecule has 3 aromatic rings. The van der Waals surface area contributed by atoms with E-state index < -0.39 is 0 Å². The maximum atomic E-state index is 5.59. The van der Waals surface area contributed by atoms with E-state index in [1.807, 2.05) is 48.5 Å². The molecule has 0 saturated heterocycles. The molecule has 106 valence electrons. The summed E-state index contributed by atoms with van der Waals surface area (Å²) in [6.07, 6.45) is 0. The van der Waals surface area contributed by atoms with Gasteiger partial charge in [-0.05, 0) is 29.8 Å². The van der Waals surface area contributed by atoms with Gasteiger partial charge in [-0.15, -0.1) is 0 Å². The van der Waals surface area contributed by atoms with Gasteiger partial charge in [-0.3, -0.25) is 0 Å². The smallest absolute Gasteiger partial charge is 0.258 e. The molecule has 2 aromatic carbocycles. The number of ether oxygens (including phenoxy) is 1. The molecule has 0 amide bonds. The van der Waals surface area contributed by atoms with Crippen LogP contribution in [-0.2, 0) is 6.54 Å². The molecule has 0 aliphatic carbocycles. The first-order valence-corrected chi connectivity index (χ1v) is 6.58. The molecular weight excluding hydrogens is 266 g/mol. The SMILES string of the molecule is COc1ccccc1-c1noc(-c2ccc(CN)cc2)n1. The Kier molecular flexibility index (Phi) is 3.66. The Morgan fingerprint density at radius 3 is 2.57 bits per heavy atom. The van der Waals surface area contributed by atoms with E-state index in [2.05, 4.69) is 10.1 Å². The van der Waals surface area contributed by atoms with Crippen LogP contribution < -0.4 is 10.5 Å². The van der Waals surface area contributed by atoms with Crippen LogP contribution in [0.3, 0.4) is 0 Å². The molecule has 0 radical (unpaired) electrons. The Morgan fingerprint density at radius 1 is 1.10 bits per heavy atom. The lowest BCUT2D eigenvalue weighted by molar-refractivity contribution is 0.413. The van der Waals surface area contributed by atoms with Crippen molar-refractivity contribution in [2.75, 3.05) is 7.11 Å². The van der Waals surface area contributed by atoms with E-state index >= 15 is 0 Å². The molecule has 1 heterocycles. The summed E-state index contributed by atoms with van der Waals surface area (Å²) < 4.78 is 10.6. The van der Waals surface area contributed by atoms with E-state index in [1.165, 1.54) is 0 Å². The van der Waals surface area contributed by atoms with Crippen LogP contribution in [0.1, 0.15) is 5.56 Å². The lowest BCUT2D eigenvalue weighted by atomic mass is 10.1. The molecule has 0 spiro atoms. The Labute approximate surface area is 122 Å². The van der Waals surface area contributed by atoms with Crippen molar-refractivity contribution in [3.8, 4) is 28.6 Å². The molecule has 0 bridgehead atoms. The van der Waals surface area contributed by atoms with Gasteiger partial charge in [0, 0.05) is 12.1 Å². The number of nitrogens with zero attached hydrogens (tertiary/aromatic N) is 2. The first-order chi connectivity index (χ1) is 10.3. The zero-order valence-corrected chi connectivity index (χ0v) is 11.6. The minimum Gasteiger partial charge on any atom is -0.496 e. The van der Waals surface area contributed by atoms with Crippen molar-refractivity contribution in [2.24, 2.45) is 5.73 Å². The van der Waals surface area contributed by atoms with Crippen molar-refractivity contribution in [3.63, 3.8) is 0 Å². The quantitative estimate of drug-likeness (QED) is 0.796. The molecule has 2 N–H and O–H groups in total. The summed E-state index contributed by atoms with van der Waals surface area (Å²) in [4.78, 5) is 4.43. The average molecular weight is 281 g/mol. The largest absolute Gasteiger partial charge is 0.496 e. The molecule has 5 heteroatoms. The number of nitrogens with two attached hydrogens (primary N) is 1. The summed E-state index contributed by atoms with van der Waals surface area (Å²) in [5.41, 5.74) is 8.31. The van der Waals surface area contributed by atoms with Gasteiger partial charge in [0.25, 0.3) is 5.89 Å². The van der Waals surface area contributed by atoms with Crippen LogP contribution in [0.15, 0.2) is 53.1 Å². The predicted molar refractivity (Wildman–Crippen MR) is 79.6 cm³/mol. The van der Waals surface area contributed by atoms with Gasteiger partial charge in [-0.1, -0.05) is 29.4 Å². The highest BCUT2D eigenvalue weighted by atomic mass is 16.5. The fraction of sp³-hybridized carbons (Fsp3) is 0.125. The number of para-hydroxylation sites is 1. The lowest BCUT2D eigenvalue weighted by Gasteiger charge is -2.03. The third-order valence-corrected chi connectivity index (χ3v) is 3.21. The highest BCUT2D eigenvalue weighted by Gasteiger charge is 2.13. The van der Waals surface area contributed by atoms with Crippen LogP contribution in [0.25, 0.3) is 22.8 Å². The second-order valence-corrected chi connectivity index (χ2v) is 4.52. The zero-order chi connectivity index (χ0) is 14.7. The van der Waals surface area contributed by atoms with Gasteiger partial charge in [-0.2, -0.15) is 4.98 Å². The lowest BCUT2D eigenvalue weighted by Crippen LogP contribution is -1.95. The second kappa shape index (κ2) is 5.76. The van der Waals surface area contributed by atoms with Crippen molar-refractivity contribution in [1.29, 1.82) is 0 Å². The molecule has 21 heavy (non-hydrogen) atoms. The maximum absolute atomic E-state index is 5.59. The maximum Gasteiger partial charge on any atom is 0.258 e. The Morgan fingerprint density at radius 2 is 1.86 bits per heavy atom. The van der Waals surface area contributed by atoms with Crippen molar-refractivity contribution >= 4 is 0 Å². The fourth-order valence-electron chi connectivity index (χ4n) is 2.06. The van der Waals surface area contributed by atoms with Crippen molar-refractivity contribution in [2.45, 2.75) is 6.54 Å². The summed E-state index contributed by atoms with van der Waals surface area (Å²) >= 11 is 0. The molecule has 0 atom stereocenters. The number of rotatable bonds is 4. The van der Waals surface area contributed by atoms with E-state index in [-0.39, 0.29) is 0 Å². The normalized spacial score (nSPS) is 10.6. The van der Waals surface area contributed by atoms with E-state index in [0.717, 1.165) is 16.7 Å². The highest BCUT2D eigenvalue weighted by Crippen LogP contribution is 2.29. The van der Waals surface area contributed by atoms with Crippen LogP contribution in [0.2, 0.25) is 0 Å². The zero-order valence-electron chi connectivity index (χ0n) is 11.6. The summed E-state index contributed by atoms with van der Waals surface area (Å²) in [7, 11) is 1.62. The van der Waals surface area contributed by atoms with Crippen molar-refractivity contribution in [3.05, 3.63) is 54.1 Å². The molecule has 3 rings (SSSR count). The molecular formula is C16H15N3O2. The van der Waals surface area contributed by atoms with Gasteiger partial charge in [0.2, 0.25) is 5.82 Å². The van der Waals surface area contributed by atoms with Crippen LogP contribution in [-0.4, -0.2) is 17.3 Å². The monoisotopic (exact) mass is 281 g/mol. The van der Waals surface area contributed by atoms with E-state index in [1.54, 1.807) is 7.11 Å². The number of hydrogen-bond donors (Lipinski definition) is 1. The van der Waals surface area contributed by atoms with Gasteiger partial charge in [-0.25, -0.2) is 0 Å². The van der Waals surface area contributed by atoms with Gasteiger partial charge in [0.1, 0.15) is 5.75 Å². The first kappa shape index (κ1) is 13.3. The highest BCUT2D eigenvalue weighted by molar-refractivity contribution is 5.65. The Bertz CT molecular complexity index is 735. The predicted octanol–water partition coefficient (Wildman–Crippen LogP) is 2.87. The van der Waals surface area contributed by atoms with Gasteiger partial charge in [0.15, 0.2) is 0 Å². The number of methoxy groups -OCH3 is 1. The van der Waals surface area contributed by atoms with Gasteiger partial charge < -0.3 is 15.0 Å². The van der Waals surface area contributed by atoms with E-state index in [4.69, 9.17) is 15.0 Å². The van der Waals surface area contributed by atoms with Gasteiger partial charge in [0.05, 0.1) is 12.7 Å². The number of aromatic nitrogens is 2. The van der Waals surface area contributed by atoms with Crippen molar-refractivity contribution in [1.82, 2.24) is 10.1 Å². The summed E-state index contributed by atoms with van der Waals surface area (Å²) in [6.45, 7) is 0.510. The fourth-order valence-corrected chi connectivity index (χ4v) is 2.06. The van der Waals surface area contributed by atoms with Crippen LogP contribution in [0.4, 0.5) is 0 Å². The number of hydrogen-bond acceptors (Lipinski definition) is 5. The molecule has 0 fully saturated rings. The molecule has 1 aromatic heterocycles. The average Bonchev–Trinajstić information content (AvgIpc) is 3.04. The summed E-state index contributed by atoms with van der Waals surface area (Å²) in [5, 5.41) is 4.02. The molecule has 0 unspecified atom stereocenters. The molecule has 0 aliphatic rings. The Balaban J connectivity index is 1.95. The second-order valence-electron chi connectivity index (χ2n) is 4.52. The third-order valence-electron chi connectivity index (χ3n) is 3.21. The number of benzene rings is 2. The summed E-state index contributed by atoms with van der Waals surface area (Å²) in [5.74, 6) is 1.69. The van der Waals surface area contributed by atoms with Crippen LogP contribution in [0.5, 0.6) is 5.75 Å². The molecule has 5 nitrogen and oxygen atoms in total. The van der Waals surface area contributed by atoms with Gasteiger partial charge >= 0.3 is 0 Å². The van der Waals surface area contributed by atoms with E-state index in [0.29, 0.717) is 24.0 Å². The van der Waals surface area contributed by atoms with Crippen LogP contribution in [0, 0.1) is 0 Å². The molecule has 0 saturated carbocycles.